The van der Waals surface area contributed by atoms with Crippen molar-refractivity contribution in [3.05, 3.63) is 53.6 Å². The van der Waals surface area contributed by atoms with Crippen molar-refractivity contribution in [3.63, 3.8) is 0 Å². The van der Waals surface area contributed by atoms with E-state index in [0.29, 0.717) is 11.3 Å². The van der Waals surface area contributed by atoms with Gasteiger partial charge in [-0.15, -0.1) is 0 Å². The van der Waals surface area contributed by atoms with Gasteiger partial charge in [-0.1, -0.05) is 19.1 Å². The second-order valence-corrected chi connectivity index (χ2v) is 8.97. The molecule has 2 fully saturated rings. The molecule has 2 aromatic rings. The quantitative estimate of drug-likeness (QED) is 0.733. The standard InChI is InChI=1S/C26H33N3O3/c1-19-11-15-28(16-12-19)24-10-7-21(18-23(24)26(31)29-13-3-4-14-29)27-25(30)17-20-5-8-22(32-2)9-6-20/h5-10,18-19H,3-4,11-17H2,1-2H3,(H,27,30). The summed E-state index contributed by atoms with van der Waals surface area (Å²) in [5, 5.41) is 2.98. The fourth-order valence-corrected chi connectivity index (χ4v) is 4.53. The highest BCUT2D eigenvalue weighted by Gasteiger charge is 2.26. The zero-order valence-corrected chi connectivity index (χ0v) is 19.1. The average Bonchev–Trinajstić information content (AvgIpc) is 3.35. The molecule has 4 rings (SSSR count). The number of anilines is 2. The topological polar surface area (TPSA) is 61.9 Å². The Morgan fingerprint density at radius 3 is 2.34 bits per heavy atom. The molecule has 0 radical (unpaired) electrons. The molecule has 2 aliphatic rings. The molecule has 2 amide bonds. The Morgan fingerprint density at radius 1 is 1.00 bits per heavy atom. The average molecular weight is 436 g/mol. The maximum Gasteiger partial charge on any atom is 0.256 e. The van der Waals surface area contributed by atoms with Crippen LogP contribution >= 0.6 is 0 Å². The fourth-order valence-electron chi connectivity index (χ4n) is 4.53. The number of carbonyl (C=O) groups excluding carboxylic acids is 2. The van der Waals surface area contributed by atoms with Gasteiger partial charge in [0.2, 0.25) is 5.91 Å². The molecule has 0 saturated carbocycles. The van der Waals surface area contributed by atoms with Crippen LogP contribution in [0.1, 0.15) is 48.5 Å². The number of carbonyl (C=O) groups is 2. The van der Waals surface area contributed by atoms with Gasteiger partial charge in [-0.2, -0.15) is 0 Å². The Morgan fingerprint density at radius 2 is 1.69 bits per heavy atom. The lowest BCUT2D eigenvalue weighted by Crippen LogP contribution is -2.35. The number of nitrogens with zero attached hydrogens (tertiary/aromatic N) is 2. The van der Waals surface area contributed by atoms with E-state index in [1.54, 1.807) is 7.11 Å². The summed E-state index contributed by atoms with van der Waals surface area (Å²) in [6, 6.07) is 13.3. The highest BCUT2D eigenvalue weighted by molar-refractivity contribution is 6.02. The first-order valence-corrected chi connectivity index (χ1v) is 11.6. The molecule has 0 unspecified atom stereocenters. The molecule has 0 spiro atoms. The Hall–Kier alpha value is -3.02. The summed E-state index contributed by atoms with van der Waals surface area (Å²) in [5.74, 6) is 1.46. The molecule has 0 aliphatic carbocycles. The molecule has 1 N–H and O–H groups in total. The summed E-state index contributed by atoms with van der Waals surface area (Å²) in [6.45, 7) is 5.83. The van der Waals surface area contributed by atoms with E-state index in [0.717, 1.165) is 74.8 Å². The minimum absolute atomic E-state index is 0.0716. The van der Waals surface area contributed by atoms with Gasteiger partial charge in [0.25, 0.3) is 5.91 Å². The van der Waals surface area contributed by atoms with Crippen LogP contribution in [0.3, 0.4) is 0 Å². The number of hydrogen-bond donors (Lipinski definition) is 1. The number of piperidine rings is 1. The van der Waals surface area contributed by atoms with Crippen molar-refractivity contribution in [3.8, 4) is 5.75 Å². The molecular formula is C26H33N3O3. The van der Waals surface area contributed by atoms with E-state index in [1.807, 2.05) is 47.4 Å². The number of rotatable bonds is 6. The van der Waals surface area contributed by atoms with Gasteiger partial charge in [0.1, 0.15) is 5.75 Å². The van der Waals surface area contributed by atoms with E-state index >= 15 is 0 Å². The lowest BCUT2D eigenvalue weighted by molar-refractivity contribution is -0.115. The molecule has 6 nitrogen and oxygen atoms in total. The Kier molecular flexibility index (Phi) is 6.98. The minimum Gasteiger partial charge on any atom is -0.497 e. The number of nitrogens with one attached hydrogen (secondary N) is 1. The van der Waals surface area contributed by atoms with Gasteiger partial charge < -0.3 is 19.9 Å². The van der Waals surface area contributed by atoms with Crippen LogP contribution in [-0.2, 0) is 11.2 Å². The van der Waals surface area contributed by atoms with E-state index in [9.17, 15) is 9.59 Å². The lowest BCUT2D eigenvalue weighted by atomic mass is 9.97. The largest absolute Gasteiger partial charge is 0.497 e. The summed E-state index contributed by atoms with van der Waals surface area (Å²) in [7, 11) is 1.62. The minimum atomic E-state index is -0.103. The molecule has 32 heavy (non-hydrogen) atoms. The number of amides is 2. The molecule has 170 valence electrons. The van der Waals surface area contributed by atoms with Crippen molar-refractivity contribution in [1.29, 1.82) is 0 Å². The third-order valence-electron chi connectivity index (χ3n) is 6.55. The van der Waals surface area contributed by atoms with Crippen molar-refractivity contribution < 1.29 is 14.3 Å². The predicted molar refractivity (Wildman–Crippen MR) is 128 cm³/mol. The molecule has 2 aromatic carbocycles. The number of hydrogen-bond acceptors (Lipinski definition) is 4. The molecule has 0 atom stereocenters. The van der Waals surface area contributed by atoms with Gasteiger partial charge in [-0.25, -0.2) is 0 Å². The van der Waals surface area contributed by atoms with Crippen molar-refractivity contribution in [2.45, 2.75) is 39.0 Å². The molecule has 2 saturated heterocycles. The van der Waals surface area contributed by atoms with Gasteiger partial charge in [0, 0.05) is 37.6 Å². The van der Waals surface area contributed by atoms with Crippen LogP contribution in [0.15, 0.2) is 42.5 Å². The summed E-state index contributed by atoms with van der Waals surface area (Å²) < 4.78 is 5.17. The van der Waals surface area contributed by atoms with E-state index in [1.165, 1.54) is 0 Å². The van der Waals surface area contributed by atoms with Crippen molar-refractivity contribution in [2.75, 3.05) is 43.5 Å². The van der Waals surface area contributed by atoms with Gasteiger partial charge in [0.15, 0.2) is 0 Å². The first-order chi connectivity index (χ1) is 15.5. The summed E-state index contributed by atoms with van der Waals surface area (Å²) in [6.07, 6.45) is 4.65. The molecule has 0 aromatic heterocycles. The molecule has 2 aliphatic heterocycles. The van der Waals surface area contributed by atoms with Gasteiger partial charge >= 0.3 is 0 Å². The van der Waals surface area contributed by atoms with Crippen LogP contribution < -0.4 is 15.0 Å². The number of ether oxygens (including phenoxy) is 1. The molecule has 2 heterocycles. The van der Waals surface area contributed by atoms with Crippen LogP contribution in [0.4, 0.5) is 11.4 Å². The molecular weight excluding hydrogens is 402 g/mol. The van der Waals surface area contributed by atoms with E-state index in [-0.39, 0.29) is 18.2 Å². The summed E-state index contributed by atoms with van der Waals surface area (Å²) in [4.78, 5) is 30.3. The zero-order valence-electron chi connectivity index (χ0n) is 19.1. The Bertz CT molecular complexity index is 943. The second-order valence-electron chi connectivity index (χ2n) is 8.97. The monoisotopic (exact) mass is 435 g/mol. The predicted octanol–water partition coefficient (Wildman–Crippen LogP) is 4.35. The van der Waals surface area contributed by atoms with Crippen molar-refractivity contribution >= 4 is 23.2 Å². The molecule has 6 heteroatoms. The number of methoxy groups -OCH3 is 1. The first kappa shape index (κ1) is 22.2. The maximum atomic E-state index is 13.3. The number of benzene rings is 2. The Labute approximate surface area is 190 Å². The summed E-state index contributed by atoms with van der Waals surface area (Å²) in [5.41, 5.74) is 3.27. The van der Waals surface area contributed by atoms with Gasteiger partial charge in [-0.3, -0.25) is 9.59 Å². The van der Waals surface area contributed by atoms with Crippen LogP contribution in [0.2, 0.25) is 0 Å². The van der Waals surface area contributed by atoms with Crippen LogP contribution in [0.25, 0.3) is 0 Å². The van der Waals surface area contributed by atoms with E-state index in [4.69, 9.17) is 4.74 Å². The molecule has 0 bridgehead atoms. The van der Waals surface area contributed by atoms with Crippen LogP contribution in [0.5, 0.6) is 5.75 Å². The van der Waals surface area contributed by atoms with Crippen LogP contribution in [0, 0.1) is 5.92 Å². The fraction of sp³-hybridized carbons (Fsp3) is 0.462. The summed E-state index contributed by atoms with van der Waals surface area (Å²) >= 11 is 0. The third-order valence-corrected chi connectivity index (χ3v) is 6.55. The SMILES string of the molecule is COc1ccc(CC(=O)Nc2ccc(N3CCC(C)CC3)c(C(=O)N3CCCC3)c2)cc1. The van der Waals surface area contributed by atoms with Crippen molar-refractivity contribution in [1.82, 2.24) is 4.90 Å². The second kappa shape index (κ2) is 10.1. The van der Waals surface area contributed by atoms with Gasteiger partial charge in [0.05, 0.1) is 19.1 Å². The highest BCUT2D eigenvalue weighted by Crippen LogP contribution is 2.30. The van der Waals surface area contributed by atoms with Crippen molar-refractivity contribution in [2.24, 2.45) is 5.92 Å². The van der Waals surface area contributed by atoms with Gasteiger partial charge in [-0.05, 0) is 67.5 Å². The normalized spacial score (nSPS) is 16.8. The highest BCUT2D eigenvalue weighted by atomic mass is 16.5. The van der Waals surface area contributed by atoms with E-state index in [2.05, 4.69) is 17.1 Å². The third kappa shape index (κ3) is 5.23. The first-order valence-electron chi connectivity index (χ1n) is 11.6. The smallest absolute Gasteiger partial charge is 0.256 e. The van der Waals surface area contributed by atoms with Crippen LogP contribution in [-0.4, -0.2) is 50.0 Å². The zero-order chi connectivity index (χ0) is 22.5. The lowest BCUT2D eigenvalue weighted by Gasteiger charge is -2.34. The number of likely N-dealkylation sites (tertiary alicyclic amines) is 1. The maximum absolute atomic E-state index is 13.3. The van der Waals surface area contributed by atoms with E-state index < -0.39 is 0 Å². The Balaban J connectivity index is 1.52.